The monoisotopic (exact) mass is 803 g/mol. The lowest BCUT2D eigenvalue weighted by Gasteiger charge is -2.29. The molecule has 8 bridgehead atoms. The number of alkyl carbamates (subject to hydrolysis) is 1. The maximum absolute atomic E-state index is 14.3. The summed E-state index contributed by atoms with van der Waals surface area (Å²) < 4.78 is 28.5. The molecule has 3 aromatic carbocycles. The fourth-order valence-electron chi connectivity index (χ4n) is 6.79. The van der Waals surface area contributed by atoms with Gasteiger partial charge in [0.15, 0.2) is 11.5 Å². The van der Waals surface area contributed by atoms with E-state index < -0.39 is 76.1 Å². The fraction of sp³-hybridized carbons (Fsp3) is 0.439. The van der Waals surface area contributed by atoms with E-state index in [4.69, 9.17) is 23.7 Å². The third kappa shape index (κ3) is 9.94. The lowest BCUT2D eigenvalue weighted by atomic mass is 9.94. The van der Waals surface area contributed by atoms with E-state index in [-0.39, 0.29) is 36.5 Å². The Bertz CT molecular complexity index is 2100. The van der Waals surface area contributed by atoms with Crippen LogP contribution in [0.3, 0.4) is 0 Å². The zero-order chi connectivity index (χ0) is 42.5. The van der Waals surface area contributed by atoms with Crippen LogP contribution in [0.5, 0.6) is 23.0 Å². The minimum Gasteiger partial charge on any atom is -0.496 e. The molecule has 0 saturated carbocycles. The molecular formula is C41H49N5O12. The molecule has 310 valence electrons. The van der Waals surface area contributed by atoms with Crippen LogP contribution in [0.4, 0.5) is 10.5 Å². The number of fused-ring (bicyclic) bond motifs is 9. The normalized spacial score (nSPS) is 20.1. The molecule has 17 heteroatoms. The number of nitrogens with one attached hydrogen (secondary N) is 4. The molecule has 6 rings (SSSR count). The number of rotatable bonds is 7. The second kappa shape index (κ2) is 17.8. The SMILES string of the molecule is CC[C@H](C)[C@@H]1NC(=O)C(NC(=O)OC(C)(C)C)Cc2ccc(OC)c(c2)-c2cc3cc(c2OC)Oc2ccc(cc2[N+](=O)[O-])C[C@@H](C(=O)OC)NC(=O)[C@H](C3)NC1=O. The van der Waals surface area contributed by atoms with E-state index in [1.807, 2.05) is 6.92 Å². The Morgan fingerprint density at radius 2 is 1.55 bits per heavy atom. The first-order valence-corrected chi connectivity index (χ1v) is 18.8. The van der Waals surface area contributed by atoms with Crippen LogP contribution in [-0.2, 0) is 47.9 Å². The smallest absolute Gasteiger partial charge is 0.408 e. The van der Waals surface area contributed by atoms with Crippen LogP contribution < -0.4 is 35.5 Å². The van der Waals surface area contributed by atoms with Gasteiger partial charge in [0, 0.05) is 36.5 Å². The van der Waals surface area contributed by atoms with Gasteiger partial charge in [0.05, 0.1) is 26.3 Å². The summed E-state index contributed by atoms with van der Waals surface area (Å²) in [5, 5.41) is 23.3. The minimum absolute atomic E-state index is 0.0383. The van der Waals surface area contributed by atoms with E-state index in [1.54, 1.807) is 58.0 Å². The van der Waals surface area contributed by atoms with Crippen LogP contribution in [0.1, 0.15) is 57.7 Å². The van der Waals surface area contributed by atoms with Crippen molar-refractivity contribution in [3.63, 3.8) is 0 Å². The summed E-state index contributed by atoms with van der Waals surface area (Å²) in [6.45, 7) is 8.63. The van der Waals surface area contributed by atoms with Crippen molar-refractivity contribution < 1.29 is 52.6 Å². The molecule has 1 unspecified atom stereocenters. The van der Waals surface area contributed by atoms with Crippen molar-refractivity contribution >= 4 is 35.5 Å². The molecule has 0 aromatic heterocycles. The molecule has 4 amide bonds. The van der Waals surface area contributed by atoms with Gasteiger partial charge in [-0.15, -0.1) is 0 Å². The van der Waals surface area contributed by atoms with Crippen LogP contribution in [0, 0.1) is 16.0 Å². The minimum atomic E-state index is -1.36. The molecule has 3 aliphatic rings. The molecule has 17 nitrogen and oxygen atoms in total. The van der Waals surface area contributed by atoms with Gasteiger partial charge in [-0.05, 0) is 73.7 Å². The summed E-state index contributed by atoms with van der Waals surface area (Å²) in [5.74, 6) is -3.06. The first kappa shape index (κ1) is 42.7. The zero-order valence-electron chi connectivity index (χ0n) is 33.7. The average Bonchev–Trinajstić information content (AvgIpc) is 3.17. The number of nitro groups is 1. The molecule has 0 radical (unpaired) electrons. The summed E-state index contributed by atoms with van der Waals surface area (Å²) in [6, 6.07) is 7.40. The van der Waals surface area contributed by atoms with Crippen molar-refractivity contribution in [1.29, 1.82) is 0 Å². The van der Waals surface area contributed by atoms with Gasteiger partial charge in [0.1, 0.15) is 35.5 Å². The van der Waals surface area contributed by atoms with Gasteiger partial charge in [0.2, 0.25) is 23.5 Å². The Balaban J connectivity index is 1.80. The number of hydrogen-bond acceptors (Lipinski definition) is 12. The lowest BCUT2D eigenvalue weighted by molar-refractivity contribution is -0.385. The zero-order valence-corrected chi connectivity index (χ0v) is 33.7. The van der Waals surface area contributed by atoms with Gasteiger partial charge >= 0.3 is 17.7 Å². The first-order valence-electron chi connectivity index (χ1n) is 18.8. The largest absolute Gasteiger partial charge is 0.496 e. The standard InChI is InChI=1S/C41H49N5O12/c1-9-21(2)34-38(49)42-27-18-24-15-26(25-14-22(10-12-31(25)54-6)16-28(37(48)45-34)44-40(51)58-41(3,4)5)35(55-7)33(20-24)57-32-13-11-23(19-30(32)46(52)53)17-29(39(50)56-8)43-36(27)47/h10-15,19-21,27-29,34H,9,16-18H2,1-8H3,(H,42,49)(H,43,47)(H,44,51)(H,45,48)/t21-,27-,28?,29-,34-/m0/s1. The number of carbonyl (C=O) groups excluding carboxylic acids is 5. The number of methoxy groups -OCH3 is 3. The Morgan fingerprint density at radius 3 is 2.19 bits per heavy atom. The lowest BCUT2D eigenvalue weighted by Crippen LogP contribution is -2.60. The van der Waals surface area contributed by atoms with Gasteiger partial charge in [-0.2, -0.15) is 0 Å². The van der Waals surface area contributed by atoms with Gasteiger partial charge in [-0.1, -0.05) is 32.4 Å². The summed E-state index contributed by atoms with van der Waals surface area (Å²) >= 11 is 0. The number of benzene rings is 3. The number of esters is 1. The van der Waals surface area contributed by atoms with Crippen LogP contribution >= 0.6 is 0 Å². The third-order valence-electron chi connectivity index (χ3n) is 9.87. The van der Waals surface area contributed by atoms with Crippen LogP contribution in [0.15, 0.2) is 48.5 Å². The molecule has 4 N–H and O–H groups in total. The topological polar surface area (TPSA) is 223 Å². The number of amides is 4. The third-order valence-corrected chi connectivity index (χ3v) is 9.87. The number of nitrogens with zero attached hydrogens (tertiary/aromatic N) is 1. The summed E-state index contributed by atoms with van der Waals surface area (Å²) in [4.78, 5) is 80.8. The van der Waals surface area contributed by atoms with Crippen molar-refractivity contribution in [2.75, 3.05) is 21.3 Å². The molecule has 0 fully saturated rings. The molecule has 3 aromatic rings. The van der Waals surface area contributed by atoms with E-state index in [0.29, 0.717) is 40.0 Å². The second-order valence-corrected chi connectivity index (χ2v) is 15.2. The van der Waals surface area contributed by atoms with Crippen molar-refractivity contribution in [1.82, 2.24) is 21.3 Å². The van der Waals surface area contributed by atoms with E-state index in [0.717, 1.165) is 7.11 Å². The van der Waals surface area contributed by atoms with Crippen LogP contribution in [-0.4, -0.2) is 85.8 Å². The molecule has 0 saturated heterocycles. The molecule has 0 spiro atoms. The van der Waals surface area contributed by atoms with E-state index in [1.165, 1.54) is 32.4 Å². The van der Waals surface area contributed by atoms with E-state index in [2.05, 4.69) is 21.3 Å². The maximum atomic E-state index is 14.3. The average molecular weight is 804 g/mol. The van der Waals surface area contributed by atoms with Gasteiger partial charge in [0.25, 0.3) is 0 Å². The van der Waals surface area contributed by atoms with Gasteiger partial charge in [-0.3, -0.25) is 24.5 Å². The molecule has 3 aliphatic heterocycles. The first-order chi connectivity index (χ1) is 27.4. The van der Waals surface area contributed by atoms with Crippen molar-refractivity contribution in [3.05, 3.63) is 75.3 Å². The maximum Gasteiger partial charge on any atom is 0.408 e. The van der Waals surface area contributed by atoms with Crippen molar-refractivity contribution in [2.24, 2.45) is 5.92 Å². The molecule has 3 heterocycles. The molecule has 5 atom stereocenters. The van der Waals surface area contributed by atoms with E-state index >= 15 is 0 Å². The highest BCUT2D eigenvalue weighted by atomic mass is 16.6. The van der Waals surface area contributed by atoms with Gasteiger partial charge in [-0.25, -0.2) is 9.59 Å². The predicted molar refractivity (Wildman–Crippen MR) is 210 cm³/mol. The Labute approximate surface area is 335 Å². The summed E-state index contributed by atoms with van der Waals surface area (Å²) in [5.41, 5.74) is 0.772. The van der Waals surface area contributed by atoms with Crippen molar-refractivity contribution in [2.45, 2.75) is 90.1 Å². The molecular weight excluding hydrogens is 754 g/mol. The number of nitro benzene ring substituents is 1. The number of hydrogen-bond donors (Lipinski definition) is 4. The second-order valence-electron chi connectivity index (χ2n) is 15.2. The molecule has 0 aliphatic carbocycles. The van der Waals surface area contributed by atoms with Crippen LogP contribution in [0.2, 0.25) is 0 Å². The summed E-state index contributed by atoms with van der Waals surface area (Å²) in [6.07, 6.45) is -0.882. The highest BCUT2D eigenvalue weighted by molar-refractivity contribution is 5.95. The molecule has 58 heavy (non-hydrogen) atoms. The Kier molecular flexibility index (Phi) is 13.1. The fourth-order valence-corrected chi connectivity index (χ4v) is 6.79. The quantitative estimate of drug-likeness (QED) is 0.149. The highest BCUT2D eigenvalue weighted by Gasteiger charge is 2.36. The predicted octanol–water partition coefficient (Wildman–Crippen LogP) is 4.29. The Morgan fingerprint density at radius 1 is 0.862 bits per heavy atom. The Hall–Kier alpha value is -6.39. The number of ether oxygens (including phenoxy) is 5. The van der Waals surface area contributed by atoms with Crippen molar-refractivity contribution in [3.8, 4) is 34.1 Å². The van der Waals surface area contributed by atoms with Gasteiger partial charge < -0.3 is 45.0 Å². The number of carbonyl (C=O) groups is 5. The highest BCUT2D eigenvalue weighted by Crippen LogP contribution is 2.46. The van der Waals surface area contributed by atoms with E-state index in [9.17, 15) is 34.1 Å². The van der Waals surface area contributed by atoms with Crippen LogP contribution in [0.25, 0.3) is 11.1 Å². The summed E-state index contributed by atoms with van der Waals surface area (Å²) in [7, 11) is 3.99.